The lowest BCUT2D eigenvalue weighted by Gasteiger charge is -2.14. The summed E-state index contributed by atoms with van der Waals surface area (Å²) in [6.45, 7) is 4.45. The number of methoxy groups -OCH3 is 1. The molecule has 2 aromatic carbocycles. The normalized spacial score (nSPS) is 13.6. The molecule has 1 amide bonds. The molecular weight excluding hydrogens is 440 g/mol. The van der Waals surface area contributed by atoms with Gasteiger partial charge in [0.1, 0.15) is 16.5 Å². The smallest absolute Gasteiger partial charge is 0.255 e. The lowest BCUT2D eigenvalue weighted by atomic mass is 10.1. The van der Waals surface area contributed by atoms with Crippen LogP contribution in [-0.2, 0) is 23.0 Å². The predicted molar refractivity (Wildman–Crippen MR) is 127 cm³/mol. The maximum absolute atomic E-state index is 12.8. The lowest BCUT2D eigenvalue weighted by molar-refractivity contribution is 0.102. The standard InChI is InChI=1S/C24H28N4O4S/c1-16(2)27-33(30,31)22-14-18(9-12-21(22)32-3)24(29)25-19-10-7-17(8-11-19)20-15-28-13-5-4-6-23(28)26-20/h7-12,14-16,27H,4-6,13H2,1-3H3,(H,25,29). The number of fused-ring (bicyclic) bond motifs is 1. The van der Waals surface area contributed by atoms with Gasteiger partial charge in [0.25, 0.3) is 5.91 Å². The Hall–Kier alpha value is -3.17. The molecule has 2 N–H and O–H groups in total. The molecule has 2 heterocycles. The van der Waals surface area contributed by atoms with Crippen molar-refractivity contribution in [1.82, 2.24) is 14.3 Å². The zero-order chi connectivity index (χ0) is 23.6. The fourth-order valence-electron chi connectivity index (χ4n) is 3.88. The molecule has 33 heavy (non-hydrogen) atoms. The molecule has 0 fully saturated rings. The summed E-state index contributed by atoms with van der Waals surface area (Å²) in [6.07, 6.45) is 5.42. The lowest BCUT2D eigenvalue weighted by Crippen LogP contribution is -2.30. The van der Waals surface area contributed by atoms with Crippen LogP contribution in [0.3, 0.4) is 0 Å². The summed E-state index contributed by atoms with van der Waals surface area (Å²) in [4.78, 5) is 17.5. The van der Waals surface area contributed by atoms with Gasteiger partial charge in [-0.25, -0.2) is 18.1 Å². The van der Waals surface area contributed by atoms with Gasteiger partial charge >= 0.3 is 0 Å². The Morgan fingerprint density at radius 2 is 1.88 bits per heavy atom. The van der Waals surface area contributed by atoms with Crippen molar-refractivity contribution in [3.05, 3.63) is 60.0 Å². The first-order chi connectivity index (χ1) is 15.8. The van der Waals surface area contributed by atoms with Gasteiger partial charge in [0.15, 0.2) is 0 Å². The second-order valence-corrected chi connectivity index (χ2v) is 10.0. The van der Waals surface area contributed by atoms with Crippen LogP contribution < -0.4 is 14.8 Å². The Labute approximate surface area is 194 Å². The fraction of sp³-hybridized carbons (Fsp3) is 0.333. The molecule has 0 atom stereocenters. The van der Waals surface area contributed by atoms with E-state index in [9.17, 15) is 13.2 Å². The van der Waals surface area contributed by atoms with Crippen LogP contribution in [-0.4, -0.2) is 37.0 Å². The number of sulfonamides is 1. The number of carbonyl (C=O) groups excluding carboxylic acids is 1. The van der Waals surface area contributed by atoms with E-state index in [0.29, 0.717) is 5.69 Å². The first kappa shape index (κ1) is 23.0. The van der Waals surface area contributed by atoms with Crippen LogP contribution in [0.15, 0.2) is 53.6 Å². The second kappa shape index (κ2) is 9.36. The Balaban J connectivity index is 1.52. The average molecular weight is 469 g/mol. The molecule has 0 bridgehead atoms. The zero-order valence-corrected chi connectivity index (χ0v) is 19.8. The monoisotopic (exact) mass is 468 g/mol. The largest absolute Gasteiger partial charge is 0.495 e. The highest BCUT2D eigenvalue weighted by atomic mass is 32.2. The van der Waals surface area contributed by atoms with Crippen LogP contribution >= 0.6 is 0 Å². The maximum Gasteiger partial charge on any atom is 0.255 e. The topological polar surface area (TPSA) is 102 Å². The summed E-state index contributed by atoms with van der Waals surface area (Å²) in [5.41, 5.74) is 2.72. The third-order valence-corrected chi connectivity index (χ3v) is 7.13. The number of hydrogen-bond acceptors (Lipinski definition) is 5. The molecule has 174 valence electrons. The number of imidazole rings is 1. The van der Waals surface area contributed by atoms with Gasteiger partial charge in [-0.15, -0.1) is 0 Å². The molecule has 0 saturated heterocycles. The van der Waals surface area contributed by atoms with E-state index in [1.54, 1.807) is 13.8 Å². The van der Waals surface area contributed by atoms with Crippen LogP contribution in [0.5, 0.6) is 5.75 Å². The number of nitrogens with one attached hydrogen (secondary N) is 2. The summed E-state index contributed by atoms with van der Waals surface area (Å²) >= 11 is 0. The maximum atomic E-state index is 12.8. The minimum atomic E-state index is -3.83. The molecule has 0 saturated carbocycles. The van der Waals surface area contributed by atoms with E-state index in [-0.39, 0.29) is 22.3 Å². The van der Waals surface area contributed by atoms with Crippen molar-refractivity contribution >= 4 is 21.6 Å². The van der Waals surface area contributed by atoms with Crippen molar-refractivity contribution in [2.75, 3.05) is 12.4 Å². The Morgan fingerprint density at radius 1 is 1.12 bits per heavy atom. The highest BCUT2D eigenvalue weighted by Crippen LogP contribution is 2.27. The van der Waals surface area contributed by atoms with Gasteiger partial charge in [-0.3, -0.25) is 4.79 Å². The Kier molecular flexibility index (Phi) is 6.53. The third-order valence-electron chi connectivity index (χ3n) is 5.45. The number of aromatic nitrogens is 2. The fourth-order valence-corrected chi connectivity index (χ4v) is 5.33. The number of carbonyl (C=O) groups is 1. The first-order valence-corrected chi connectivity index (χ1v) is 12.4. The molecule has 0 spiro atoms. The number of hydrogen-bond donors (Lipinski definition) is 2. The van der Waals surface area contributed by atoms with Crippen molar-refractivity contribution in [2.24, 2.45) is 0 Å². The van der Waals surface area contributed by atoms with Crippen LogP contribution in [0, 0.1) is 0 Å². The van der Waals surface area contributed by atoms with E-state index in [2.05, 4.69) is 20.8 Å². The van der Waals surface area contributed by atoms with Crippen molar-refractivity contribution in [2.45, 2.75) is 50.6 Å². The van der Waals surface area contributed by atoms with Gasteiger partial charge in [0.2, 0.25) is 10.0 Å². The number of amides is 1. The van der Waals surface area contributed by atoms with Crippen molar-refractivity contribution < 1.29 is 17.9 Å². The number of anilines is 1. The molecule has 3 aromatic rings. The highest BCUT2D eigenvalue weighted by molar-refractivity contribution is 7.89. The Morgan fingerprint density at radius 3 is 2.55 bits per heavy atom. The van der Waals surface area contributed by atoms with E-state index in [0.717, 1.165) is 30.0 Å². The van der Waals surface area contributed by atoms with Gasteiger partial charge in [-0.05, 0) is 57.0 Å². The van der Waals surface area contributed by atoms with E-state index < -0.39 is 15.9 Å². The van der Waals surface area contributed by atoms with Gasteiger partial charge in [0.05, 0.1) is 12.8 Å². The van der Waals surface area contributed by atoms with Crippen molar-refractivity contribution in [1.29, 1.82) is 0 Å². The molecule has 1 aromatic heterocycles. The molecule has 4 rings (SSSR count). The number of rotatable bonds is 7. The number of benzene rings is 2. The number of aryl methyl sites for hydroxylation is 2. The summed E-state index contributed by atoms with van der Waals surface area (Å²) in [5.74, 6) is 0.876. The second-order valence-electron chi connectivity index (χ2n) is 8.37. The van der Waals surface area contributed by atoms with Crippen molar-refractivity contribution in [3.63, 3.8) is 0 Å². The van der Waals surface area contributed by atoms with Crippen LogP contribution in [0.2, 0.25) is 0 Å². The van der Waals surface area contributed by atoms with E-state index in [1.165, 1.54) is 38.2 Å². The van der Waals surface area contributed by atoms with E-state index in [1.807, 2.05) is 24.3 Å². The van der Waals surface area contributed by atoms with Gasteiger partial charge < -0.3 is 14.6 Å². The minimum Gasteiger partial charge on any atom is -0.495 e. The number of ether oxygens (including phenoxy) is 1. The van der Waals surface area contributed by atoms with Crippen molar-refractivity contribution in [3.8, 4) is 17.0 Å². The molecule has 0 radical (unpaired) electrons. The predicted octanol–water partition coefficient (Wildman–Crippen LogP) is 3.83. The van der Waals surface area contributed by atoms with Gasteiger partial charge in [-0.1, -0.05) is 12.1 Å². The molecule has 0 unspecified atom stereocenters. The van der Waals surface area contributed by atoms with Gasteiger partial charge in [0, 0.05) is 42.0 Å². The van der Waals surface area contributed by atoms with Gasteiger partial charge in [-0.2, -0.15) is 0 Å². The van der Waals surface area contributed by atoms with Crippen LogP contribution in [0.4, 0.5) is 5.69 Å². The molecule has 9 heteroatoms. The summed E-state index contributed by atoms with van der Waals surface area (Å²) in [5, 5.41) is 2.82. The highest BCUT2D eigenvalue weighted by Gasteiger charge is 2.22. The molecular formula is C24H28N4O4S. The Bertz CT molecular complexity index is 1240. The zero-order valence-electron chi connectivity index (χ0n) is 19.0. The quantitative estimate of drug-likeness (QED) is 0.549. The summed E-state index contributed by atoms with van der Waals surface area (Å²) in [6, 6.07) is 11.5. The summed E-state index contributed by atoms with van der Waals surface area (Å²) in [7, 11) is -2.44. The molecule has 0 aliphatic carbocycles. The SMILES string of the molecule is COc1ccc(C(=O)Nc2ccc(-c3cn4c(n3)CCCC4)cc2)cc1S(=O)(=O)NC(C)C. The molecule has 1 aliphatic rings. The van der Waals surface area contributed by atoms with E-state index in [4.69, 9.17) is 9.72 Å². The van der Waals surface area contributed by atoms with E-state index >= 15 is 0 Å². The van der Waals surface area contributed by atoms with Crippen LogP contribution in [0.25, 0.3) is 11.3 Å². The third kappa shape index (κ3) is 5.09. The first-order valence-electron chi connectivity index (χ1n) is 10.9. The average Bonchev–Trinajstić information content (AvgIpc) is 3.22. The molecule has 1 aliphatic heterocycles. The van der Waals surface area contributed by atoms with Crippen LogP contribution in [0.1, 0.15) is 42.9 Å². The molecule has 8 nitrogen and oxygen atoms in total. The number of nitrogens with zero attached hydrogens (tertiary/aromatic N) is 2. The summed E-state index contributed by atoms with van der Waals surface area (Å²) < 4.78 is 35.3. The minimum absolute atomic E-state index is 0.0783.